The Hall–Kier alpha value is -1.55. The lowest BCUT2D eigenvalue weighted by atomic mass is 10.1. The van der Waals surface area contributed by atoms with Crippen molar-refractivity contribution in [3.8, 4) is 0 Å². The molecule has 0 radical (unpaired) electrons. The summed E-state index contributed by atoms with van der Waals surface area (Å²) in [6.45, 7) is 3.81. The number of benzene rings is 1. The van der Waals surface area contributed by atoms with Gasteiger partial charge in [-0.3, -0.25) is 0 Å². The highest BCUT2D eigenvalue weighted by molar-refractivity contribution is 5.68. The van der Waals surface area contributed by atoms with Crippen LogP contribution in [-0.2, 0) is 4.74 Å². The minimum Gasteiger partial charge on any atom is -0.449 e. The van der Waals surface area contributed by atoms with Gasteiger partial charge in [0.25, 0.3) is 0 Å². The first kappa shape index (κ1) is 11.9. The van der Waals surface area contributed by atoms with Gasteiger partial charge in [-0.15, -0.1) is 0 Å². The second-order valence-electron chi connectivity index (χ2n) is 4.43. The Balaban J connectivity index is 1.98. The van der Waals surface area contributed by atoms with Gasteiger partial charge in [-0.2, -0.15) is 0 Å². The standard InChI is InChI=1S/C13H18N2O2/c1-10-3-5-11(6-4-10)12(14)9-15-7-2-8-17-13(15)16/h3-6,12H,2,7-9,14H2,1H3. The Morgan fingerprint density at radius 2 is 2.12 bits per heavy atom. The average molecular weight is 234 g/mol. The van der Waals surface area contributed by atoms with Crippen molar-refractivity contribution in [2.24, 2.45) is 5.73 Å². The first-order valence-corrected chi connectivity index (χ1v) is 5.90. The fourth-order valence-electron chi connectivity index (χ4n) is 1.92. The molecule has 2 N–H and O–H groups in total. The number of amides is 1. The molecule has 17 heavy (non-hydrogen) atoms. The normalized spacial score (nSPS) is 17.8. The third-order valence-corrected chi connectivity index (χ3v) is 2.98. The number of ether oxygens (including phenoxy) is 1. The quantitative estimate of drug-likeness (QED) is 0.868. The Bertz CT molecular complexity index is 389. The summed E-state index contributed by atoms with van der Waals surface area (Å²) in [5, 5.41) is 0. The van der Waals surface area contributed by atoms with Crippen LogP contribution in [0.3, 0.4) is 0 Å². The average Bonchev–Trinajstić information content (AvgIpc) is 2.33. The molecular formula is C13H18N2O2. The van der Waals surface area contributed by atoms with Crippen molar-refractivity contribution in [1.82, 2.24) is 4.90 Å². The summed E-state index contributed by atoms with van der Waals surface area (Å²) in [7, 11) is 0. The van der Waals surface area contributed by atoms with Crippen LogP contribution in [0.4, 0.5) is 4.79 Å². The molecule has 1 aliphatic rings. The molecule has 1 aromatic rings. The van der Waals surface area contributed by atoms with Gasteiger partial charge in [-0.05, 0) is 18.9 Å². The van der Waals surface area contributed by atoms with E-state index in [2.05, 4.69) is 0 Å². The molecule has 0 bridgehead atoms. The summed E-state index contributed by atoms with van der Waals surface area (Å²) in [6, 6.07) is 7.93. The van der Waals surface area contributed by atoms with E-state index in [-0.39, 0.29) is 12.1 Å². The molecule has 92 valence electrons. The number of rotatable bonds is 3. The van der Waals surface area contributed by atoms with Gasteiger partial charge in [0.1, 0.15) is 0 Å². The topological polar surface area (TPSA) is 55.6 Å². The fourth-order valence-corrected chi connectivity index (χ4v) is 1.92. The molecule has 1 aromatic carbocycles. The predicted octanol–water partition coefficient (Wildman–Crippen LogP) is 1.84. The smallest absolute Gasteiger partial charge is 0.409 e. The van der Waals surface area contributed by atoms with E-state index >= 15 is 0 Å². The highest BCUT2D eigenvalue weighted by Crippen LogP contribution is 2.15. The predicted molar refractivity (Wildman–Crippen MR) is 65.6 cm³/mol. The first-order chi connectivity index (χ1) is 8.16. The van der Waals surface area contributed by atoms with E-state index in [0.717, 1.165) is 18.5 Å². The largest absolute Gasteiger partial charge is 0.449 e. The van der Waals surface area contributed by atoms with Crippen LogP contribution in [0.1, 0.15) is 23.6 Å². The lowest BCUT2D eigenvalue weighted by Gasteiger charge is -2.28. The summed E-state index contributed by atoms with van der Waals surface area (Å²) in [6.07, 6.45) is 0.630. The third kappa shape index (κ3) is 2.97. The summed E-state index contributed by atoms with van der Waals surface area (Å²) >= 11 is 0. The second-order valence-corrected chi connectivity index (χ2v) is 4.43. The number of hydrogen-bond donors (Lipinski definition) is 1. The van der Waals surface area contributed by atoms with E-state index in [0.29, 0.717) is 13.2 Å². The van der Waals surface area contributed by atoms with Crippen molar-refractivity contribution in [3.05, 3.63) is 35.4 Å². The van der Waals surface area contributed by atoms with Crippen LogP contribution in [0.5, 0.6) is 0 Å². The molecule has 0 aliphatic carbocycles. The number of hydrogen-bond acceptors (Lipinski definition) is 3. The summed E-state index contributed by atoms with van der Waals surface area (Å²) in [4.78, 5) is 13.1. The molecule has 1 saturated heterocycles. The van der Waals surface area contributed by atoms with Crippen molar-refractivity contribution in [2.75, 3.05) is 19.7 Å². The minimum absolute atomic E-state index is 0.152. The molecule has 1 amide bonds. The summed E-state index contributed by atoms with van der Waals surface area (Å²) in [5.74, 6) is 0. The highest BCUT2D eigenvalue weighted by Gasteiger charge is 2.22. The van der Waals surface area contributed by atoms with Crippen molar-refractivity contribution in [2.45, 2.75) is 19.4 Å². The van der Waals surface area contributed by atoms with Crippen LogP contribution in [0.15, 0.2) is 24.3 Å². The van der Waals surface area contributed by atoms with Crippen molar-refractivity contribution >= 4 is 6.09 Å². The summed E-state index contributed by atoms with van der Waals surface area (Å²) < 4.78 is 4.98. The van der Waals surface area contributed by atoms with E-state index < -0.39 is 0 Å². The zero-order valence-electron chi connectivity index (χ0n) is 10.1. The second kappa shape index (κ2) is 5.19. The third-order valence-electron chi connectivity index (χ3n) is 2.98. The Kier molecular flexibility index (Phi) is 3.64. The van der Waals surface area contributed by atoms with Gasteiger partial charge in [0.05, 0.1) is 6.61 Å². The van der Waals surface area contributed by atoms with Crippen LogP contribution in [0, 0.1) is 6.92 Å². The van der Waals surface area contributed by atoms with Crippen LogP contribution >= 0.6 is 0 Å². The van der Waals surface area contributed by atoms with Crippen molar-refractivity contribution < 1.29 is 9.53 Å². The van der Waals surface area contributed by atoms with E-state index in [1.807, 2.05) is 31.2 Å². The van der Waals surface area contributed by atoms with E-state index in [1.54, 1.807) is 4.90 Å². The van der Waals surface area contributed by atoms with E-state index in [9.17, 15) is 4.79 Å². The molecule has 1 atom stereocenters. The number of nitrogens with zero attached hydrogens (tertiary/aromatic N) is 1. The Morgan fingerprint density at radius 3 is 2.76 bits per heavy atom. The monoisotopic (exact) mass is 234 g/mol. The first-order valence-electron chi connectivity index (χ1n) is 5.90. The molecule has 4 nitrogen and oxygen atoms in total. The number of aryl methyl sites for hydroxylation is 1. The number of nitrogens with two attached hydrogens (primary N) is 1. The van der Waals surface area contributed by atoms with Gasteiger partial charge in [-0.1, -0.05) is 29.8 Å². The maximum Gasteiger partial charge on any atom is 0.409 e. The lowest BCUT2D eigenvalue weighted by molar-refractivity contribution is 0.0706. The van der Waals surface area contributed by atoms with Gasteiger partial charge >= 0.3 is 6.09 Å². The maximum atomic E-state index is 11.5. The van der Waals surface area contributed by atoms with Crippen molar-refractivity contribution in [1.29, 1.82) is 0 Å². The molecule has 1 heterocycles. The van der Waals surface area contributed by atoms with Gasteiger partial charge in [0, 0.05) is 19.1 Å². The molecule has 4 heteroatoms. The van der Waals surface area contributed by atoms with Gasteiger partial charge in [0.15, 0.2) is 0 Å². The van der Waals surface area contributed by atoms with Crippen LogP contribution in [-0.4, -0.2) is 30.7 Å². The number of carbonyl (C=O) groups excluding carboxylic acids is 1. The zero-order valence-corrected chi connectivity index (χ0v) is 10.1. The molecule has 0 aromatic heterocycles. The molecule has 1 unspecified atom stereocenters. The molecule has 0 saturated carbocycles. The van der Waals surface area contributed by atoms with Crippen LogP contribution < -0.4 is 5.73 Å². The van der Waals surface area contributed by atoms with E-state index in [1.165, 1.54) is 5.56 Å². The van der Waals surface area contributed by atoms with E-state index in [4.69, 9.17) is 10.5 Å². The number of carbonyl (C=O) groups is 1. The Morgan fingerprint density at radius 1 is 1.41 bits per heavy atom. The molecule has 1 fully saturated rings. The zero-order chi connectivity index (χ0) is 12.3. The van der Waals surface area contributed by atoms with Crippen LogP contribution in [0.25, 0.3) is 0 Å². The fraction of sp³-hybridized carbons (Fsp3) is 0.462. The van der Waals surface area contributed by atoms with Gasteiger partial charge in [0.2, 0.25) is 0 Å². The van der Waals surface area contributed by atoms with Crippen molar-refractivity contribution in [3.63, 3.8) is 0 Å². The number of cyclic esters (lactones) is 1. The minimum atomic E-state index is -0.251. The molecular weight excluding hydrogens is 216 g/mol. The maximum absolute atomic E-state index is 11.5. The van der Waals surface area contributed by atoms with Gasteiger partial charge in [-0.25, -0.2) is 4.79 Å². The summed E-state index contributed by atoms with van der Waals surface area (Å²) in [5.41, 5.74) is 8.35. The molecule has 0 spiro atoms. The van der Waals surface area contributed by atoms with Crippen LogP contribution in [0.2, 0.25) is 0 Å². The van der Waals surface area contributed by atoms with Gasteiger partial charge < -0.3 is 15.4 Å². The molecule has 1 aliphatic heterocycles. The highest BCUT2D eigenvalue weighted by atomic mass is 16.6. The lowest BCUT2D eigenvalue weighted by Crippen LogP contribution is -2.41. The SMILES string of the molecule is Cc1ccc(C(N)CN2CCCOC2=O)cc1. The molecule has 2 rings (SSSR count). The Labute approximate surface area is 101 Å².